The molecule has 2 aromatic heterocycles. The van der Waals surface area contributed by atoms with E-state index < -0.39 is 5.97 Å². The Labute approximate surface area is 125 Å². The minimum absolute atomic E-state index is 0.0815. The third-order valence-corrected chi connectivity index (χ3v) is 3.07. The molecular formula is C15H11FN4O2. The SMILES string of the molecule is COC(=O)c1nnn(-c2ccc(F)cc2)c1-c1ccncc1. The molecule has 0 radical (unpaired) electrons. The number of nitrogens with zero attached hydrogens (tertiary/aromatic N) is 4. The van der Waals surface area contributed by atoms with Gasteiger partial charge in [0.25, 0.3) is 0 Å². The second-order valence-corrected chi connectivity index (χ2v) is 4.40. The number of hydrogen-bond acceptors (Lipinski definition) is 5. The van der Waals surface area contributed by atoms with Crippen molar-refractivity contribution >= 4 is 5.97 Å². The minimum atomic E-state index is -0.597. The molecule has 0 unspecified atom stereocenters. The van der Waals surface area contributed by atoms with Crippen LogP contribution < -0.4 is 0 Å². The van der Waals surface area contributed by atoms with Crippen LogP contribution in [0.25, 0.3) is 16.9 Å². The van der Waals surface area contributed by atoms with Crippen LogP contribution in [0.15, 0.2) is 48.8 Å². The summed E-state index contributed by atoms with van der Waals surface area (Å²) in [5, 5.41) is 7.87. The zero-order valence-electron chi connectivity index (χ0n) is 11.6. The van der Waals surface area contributed by atoms with Crippen molar-refractivity contribution < 1.29 is 13.9 Å². The summed E-state index contributed by atoms with van der Waals surface area (Å²) in [4.78, 5) is 15.8. The summed E-state index contributed by atoms with van der Waals surface area (Å²) in [6.45, 7) is 0. The molecule has 0 saturated carbocycles. The number of methoxy groups -OCH3 is 1. The Hall–Kier alpha value is -3.09. The van der Waals surface area contributed by atoms with E-state index in [2.05, 4.69) is 15.3 Å². The average molecular weight is 298 g/mol. The van der Waals surface area contributed by atoms with Gasteiger partial charge >= 0.3 is 5.97 Å². The number of aromatic nitrogens is 4. The van der Waals surface area contributed by atoms with Gasteiger partial charge in [0.05, 0.1) is 12.8 Å². The first-order valence-corrected chi connectivity index (χ1v) is 6.41. The predicted molar refractivity (Wildman–Crippen MR) is 75.9 cm³/mol. The van der Waals surface area contributed by atoms with E-state index in [9.17, 15) is 9.18 Å². The largest absolute Gasteiger partial charge is 0.464 e. The van der Waals surface area contributed by atoms with E-state index in [1.54, 1.807) is 36.7 Å². The van der Waals surface area contributed by atoms with E-state index >= 15 is 0 Å². The van der Waals surface area contributed by atoms with Crippen LogP contribution in [0.1, 0.15) is 10.5 Å². The number of hydrogen-bond donors (Lipinski definition) is 0. The monoisotopic (exact) mass is 298 g/mol. The highest BCUT2D eigenvalue weighted by molar-refractivity contribution is 5.94. The van der Waals surface area contributed by atoms with E-state index in [0.29, 0.717) is 16.9 Å². The van der Waals surface area contributed by atoms with Gasteiger partial charge in [-0.05, 0) is 36.4 Å². The second-order valence-electron chi connectivity index (χ2n) is 4.40. The highest BCUT2D eigenvalue weighted by Gasteiger charge is 2.22. The van der Waals surface area contributed by atoms with Crippen molar-refractivity contribution in [2.45, 2.75) is 0 Å². The molecule has 110 valence electrons. The number of halogens is 1. The molecule has 0 aliphatic carbocycles. The van der Waals surface area contributed by atoms with Gasteiger partial charge in [-0.3, -0.25) is 4.98 Å². The number of pyridine rings is 1. The Morgan fingerprint density at radius 1 is 1.14 bits per heavy atom. The number of esters is 1. The predicted octanol–water partition coefficient (Wildman–Crippen LogP) is 2.25. The van der Waals surface area contributed by atoms with Gasteiger partial charge in [-0.15, -0.1) is 5.10 Å². The van der Waals surface area contributed by atoms with Crippen LogP contribution in [0.5, 0.6) is 0 Å². The first kappa shape index (κ1) is 13.9. The van der Waals surface area contributed by atoms with Crippen LogP contribution in [-0.2, 0) is 4.74 Å². The topological polar surface area (TPSA) is 69.9 Å². The minimum Gasteiger partial charge on any atom is -0.464 e. The molecule has 1 aromatic carbocycles. The summed E-state index contributed by atoms with van der Waals surface area (Å²) in [7, 11) is 1.27. The van der Waals surface area contributed by atoms with Gasteiger partial charge in [0, 0.05) is 18.0 Å². The summed E-state index contributed by atoms with van der Waals surface area (Å²) in [6, 6.07) is 9.18. The first-order chi connectivity index (χ1) is 10.7. The number of ether oxygens (including phenoxy) is 1. The van der Waals surface area contributed by atoms with Crippen LogP contribution in [-0.4, -0.2) is 33.1 Å². The van der Waals surface area contributed by atoms with Crippen molar-refractivity contribution in [2.24, 2.45) is 0 Å². The quantitative estimate of drug-likeness (QED) is 0.694. The van der Waals surface area contributed by atoms with Crippen LogP contribution in [0.2, 0.25) is 0 Å². The third kappa shape index (κ3) is 2.44. The number of carbonyl (C=O) groups excluding carboxylic acids is 1. The van der Waals surface area contributed by atoms with E-state index in [-0.39, 0.29) is 11.5 Å². The molecule has 22 heavy (non-hydrogen) atoms. The lowest BCUT2D eigenvalue weighted by atomic mass is 10.1. The fourth-order valence-corrected chi connectivity index (χ4v) is 2.05. The lowest BCUT2D eigenvalue weighted by Crippen LogP contribution is -2.05. The lowest BCUT2D eigenvalue weighted by molar-refractivity contribution is 0.0595. The fraction of sp³-hybridized carbons (Fsp3) is 0.0667. The third-order valence-electron chi connectivity index (χ3n) is 3.07. The van der Waals surface area contributed by atoms with E-state index in [1.807, 2.05) is 0 Å². The normalized spacial score (nSPS) is 10.5. The van der Waals surface area contributed by atoms with Crippen LogP contribution >= 0.6 is 0 Å². The smallest absolute Gasteiger partial charge is 0.360 e. The molecule has 0 spiro atoms. The molecule has 2 heterocycles. The molecule has 3 rings (SSSR count). The van der Waals surface area contributed by atoms with Crippen molar-refractivity contribution in [1.29, 1.82) is 0 Å². The Bertz CT molecular complexity index is 800. The van der Waals surface area contributed by atoms with Gasteiger partial charge < -0.3 is 4.74 Å². The molecule has 0 amide bonds. The molecule has 7 heteroatoms. The maximum atomic E-state index is 13.1. The Morgan fingerprint density at radius 3 is 2.45 bits per heavy atom. The molecule has 0 fully saturated rings. The van der Waals surface area contributed by atoms with Crippen molar-refractivity contribution in [3.05, 3.63) is 60.3 Å². The maximum absolute atomic E-state index is 13.1. The van der Waals surface area contributed by atoms with E-state index in [0.717, 1.165) is 0 Å². The highest BCUT2D eigenvalue weighted by Crippen LogP contribution is 2.25. The highest BCUT2D eigenvalue weighted by atomic mass is 19.1. The first-order valence-electron chi connectivity index (χ1n) is 6.41. The van der Waals surface area contributed by atoms with E-state index in [1.165, 1.54) is 23.9 Å². The molecule has 0 saturated heterocycles. The summed E-state index contributed by atoms with van der Waals surface area (Å²) in [5.41, 5.74) is 1.82. The molecule has 6 nitrogen and oxygen atoms in total. The van der Waals surface area contributed by atoms with Gasteiger partial charge in [0.2, 0.25) is 0 Å². The van der Waals surface area contributed by atoms with Gasteiger partial charge in [0.15, 0.2) is 5.69 Å². The summed E-state index contributed by atoms with van der Waals surface area (Å²) >= 11 is 0. The average Bonchev–Trinajstić information content (AvgIpc) is 3.00. The molecule has 3 aromatic rings. The standard InChI is InChI=1S/C15H11FN4O2/c1-22-15(21)13-14(10-6-8-17-9-7-10)20(19-18-13)12-4-2-11(16)3-5-12/h2-9H,1H3. The van der Waals surface area contributed by atoms with Crippen LogP contribution in [0.4, 0.5) is 4.39 Å². The Balaban J connectivity index is 2.21. The Kier molecular flexibility index (Phi) is 3.61. The van der Waals surface area contributed by atoms with Gasteiger partial charge in [0.1, 0.15) is 11.5 Å². The maximum Gasteiger partial charge on any atom is 0.360 e. The van der Waals surface area contributed by atoms with E-state index in [4.69, 9.17) is 4.74 Å². The van der Waals surface area contributed by atoms with Crippen molar-refractivity contribution in [2.75, 3.05) is 7.11 Å². The number of rotatable bonds is 3. The molecule has 0 aliphatic rings. The Morgan fingerprint density at radius 2 is 1.82 bits per heavy atom. The van der Waals surface area contributed by atoms with Crippen molar-refractivity contribution in [3.8, 4) is 16.9 Å². The van der Waals surface area contributed by atoms with Gasteiger partial charge in [-0.2, -0.15) is 0 Å². The van der Waals surface area contributed by atoms with Crippen molar-refractivity contribution in [3.63, 3.8) is 0 Å². The molecule has 0 atom stereocenters. The summed E-state index contributed by atoms with van der Waals surface area (Å²) < 4.78 is 19.3. The summed E-state index contributed by atoms with van der Waals surface area (Å²) in [6.07, 6.45) is 3.19. The number of carbonyl (C=O) groups is 1. The molecule has 0 aliphatic heterocycles. The summed E-state index contributed by atoms with van der Waals surface area (Å²) in [5.74, 6) is -0.956. The zero-order valence-corrected chi connectivity index (χ0v) is 11.6. The van der Waals surface area contributed by atoms with Crippen molar-refractivity contribution in [1.82, 2.24) is 20.0 Å². The number of benzene rings is 1. The van der Waals surface area contributed by atoms with Gasteiger partial charge in [-0.25, -0.2) is 13.9 Å². The lowest BCUT2D eigenvalue weighted by Gasteiger charge is -2.07. The fourth-order valence-electron chi connectivity index (χ4n) is 2.05. The second kappa shape index (κ2) is 5.72. The zero-order chi connectivity index (χ0) is 15.5. The van der Waals surface area contributed by atoms with Crippen LogP contribution in [0, 0.1) is 5.82 Å². The molecule has 0 bridgehead atoms. The van der Waals surface area contributed by atoms with Gasteiger partial charge in [-0.1, -0.05) is 5.21 Å². The molecular weight excluding hydrogens is 287 g/mol. The van der Waals surface area contributed by atoms with Crippen LogP contribution in [0.3, 0.4) is 0 Å². The molecule has 0 N–H and O–H groups in total.